The van der Waals surface area contributed by atoms with Gasteiger partial charge in [-0.3, -0.25) is 0 Å². The van der Waals surface area contributed by atoms with Crippen LogP contribution in [0.1, 0.15) is 31.4 Å². The monoisotopic (exact) mass is 285 g/mol. The molecule has 1 aromatic carbocycles. The molecule has 0 unspecified atom stereocenters. The van der Waals surface area contributed by atoms with Crippen LogP contribution in [-0.4, -0.2) is 27.7 Å². The third-order valence-corrected chi connectivity index (χ3v) is 4.04. The van der Waals surface area contributed by atoms with Crippen LogP contribution >= 0.6 is 0 Å². The molecule has 0 aliphatic heterocycles. The predicted octanol–water partition coefficient (Wildman–Crippen LogP) is 2.23. The molecular formula is C14H23NO3S. The highest BCUT2D eigenvalue weighted by Crippen LogP contribution is 2.10. The minimum absolute atomic E-state index is 0.0325. The van der Waals surface area contributed by atoms with Gasteiger partial charge in [-0.25, -0.2) is 13.1 Å². The fourth-order valence-corrected chi connectivity index (χ4v) is 2.94. The smallest absolute Gasteiger partial charge is 0.215 e. The summed E-state index contributed by atoms with van der Waals surface area (Å²) in [7, 11) is -3.26. The van der Waals surface area contributed by atoms with E-state index < -0.39 is 10.0 Å². The summed E-state index contributed by atoms with van der Waals surface area (Å²) in [5.41, 5.74) is 1.84. The van der Waals surface area contributed by atoms with E-state index in [2.05, 4.69) is 4.72 Å². The van der Waals surface area contributed by atoms with Crippen molar-refractivity contribution in [2.24, 2.45) is 0 Å². The number of benzene rings is 1. The summed E-state index contributed by atoms with van der Waals surface area (Å²) >= 11 is 0. The fraction of sp³-hybridized carbons (Fsp3) is 0.571. The molecule has 0 bridgehead atoms. The second-order valence-electron chi connectivity index (χ2n) is 4.85. The third-order valence-electron chi connectivity index (χ3n) is 2.70. The van der Waals surface area contributed by atoms with Crippen molar-refractivity contribution >= 4 is 10.0 Å². The molecule has 5 heteroatoms. The van der Waals surface area contributed by atoms with Crippen LogP contribution in [0.3, 0.4) is 0 Å². The standard InChI is InChI=1S/C14H23NO3S/c1-12(2)18-10-6-9-15-19(16,17)11-14-8-5-4-7-13(14)3/h4-5,7-8,12,15H,6,9-11H2,1-3H3. The minimum atomic E-state index is -3.26. The van der Waals surface area contributed by atoms with E-state index in [0.717, 1.165) is 11.1 Å². The molecule has 0 saturated heterocycles. The van der Waals surface area contributed by atoms with Crippen molar-refractivity contribution in [3.05, 3.63) is 35.4 Å². The number of rotatable bonds is 8. The van der Waals surface area contributed by atoms with Crippen molar-refractivity contribution in [2.45, 2.75) is 39.0 Å². The Morgan fingerprint density at radius 1 is 1.26 bits per heavy atom. The van der Waals surface area contributed by atoms with Crippen LogP contribution in [0, 0.1) is 6.92 Å². The zero-order valence-corrected chi connectivity index (χ0v) is 12.7. The van der Waals surface area contributed by atoms with E-state index in [1.165, 1.54) is 0 Å². The first-order chi connectivity index (χ1) is 8.91. The SMILES string of the molecule is Cc1ccccc1CS(=O)(=O)NCCCOC(C)C. The Morgan fingerprint density at radius 3 is 2.58 bits per heavy atom. The van der Waals surface area contributed by atoms with Crippen molar-refractivity contribution in [3.63, 3.8) is 0 Å². The second kappa shape index (κ2) is 7.62. The van der Waals surface area contributed by atoms with Crippen LogP contribution in [-0.2, 0) is 20.5 Å². The molecule has 0 aliphatic rings. The van der Waals surface area contributed by atoms with E-state index in [-0.39, 0.29) is 11.9 Å². The number of nitrogens with one attached hydrogen (secondary N) is 1. The highest BCUT2D eigenvalue weighted by Gasteiger charge is 2.12. The highest BCUT2D eigenvalue weighted by atomic mass is 32.2. The Kier molecular flexibility index (Phi) is 6.48. The zero-order chi connectivity index (χ0) is 14.3. The van der Waals surface area contributed by atoms with Crippen LogP contribution in [0.2, 0.25) is 0 Å². The van der Waals surface area contributed by atoms with Crippen molar-refractivity contribution in [1.82, 2.24) is 4.72 Å². The summed E-state index contributed by atoms with van der Waals surface area (Å²) in [6.45, 7) is 6.83. The van der Waals surface area contributed by atoms with Gasteiger partial charge < -0.3 is 4.74 Å². The molecule has 4 nitrogen and oxygen atoms in total. The van der Waals surface area contributed by atoms with Crippen LogP contribution in [0.4, 0.5) is 0 Å². The van der Waals surface area contributed by atoms with Crippen molar-refractivity contribution in [2.75, 3.05) is 13.2 Å². The average Bonchev–Trinajstić information content (AvgIpc) is 2.31. The Labute approximate surface area is 116 Å². The largest absolute Gasteiger partial charge is 0.379 e. The molecule has 0 fully saturated rings. The van der Waals surface area contributed by atoms with Crippen LogP contribution in [0.25, 0.3) is 0 Å². The van der Waals surface area contributed by atoms with Crippen molar-refractivity contribution < 1.29 is 13.2 Å². The van der Waals surface area contributed by atoms with Gasteiger partial charge in [-0.1, -0.05) is 24.3 Å². The van der Waals surface area contributed by atoms with Gasteiger partial charge in [-0.2, -0.15) is 0 Å². The molecule has 0 aromatic heterocycles. The molecule has 0 radical (unpaired) electrons. The maximum Gasteiger partial charge on any atom is 0.215 e. The average molecular weight is 285 g/mol. The summed E-state index contributed by atoms with van der Waals surface area (Å²) < 4.78 is 31.8. The number of hydrogen-bond acceptors (Lipinski definition) is 3. The first kappa shape index (κ1) is 16.1. The molecule has 0 amide bonds. The van der Waals surface area contributed by atoms with E-state index in [9.17, 15) is 8.42 Å². The Hall–Kier alpha value is -0.910. The lowest BCUT2D eigenvalue weighted by atomic mass is 10.1. The summed E-state index contributed by atoms with van der Waals surface area (Å²) in [6, 6.07) is 7.52. The summed E-state index contributed by atoms with van der Waals surface area (Å²) in [5.74, 6) is 0.0325. The van der Waals surface area contributed by atoms with Gasteiger partial charge in [-0.15, -0.1) is 0 Å². The maximum absolute atomic E-state index is 11.9. The van der Waals surface area contributed by atoms with Crippen molar-refractivity contribution in [1.29, 1.82) is 0 Å². The van der Waals surface area contributed by atoms with Crippen LogP contribution in [0.5, 0.6) is 0 Å². The Morgan fingerprint density at radius 2 is 1.95 bits per heavy atom. The molecule has 0 atom stereocenters. The van der Waals surface area contributed by atoms with Gasteiger partial charge in [0.15, 0.2) is 0 Å². The second-order valence-corrected chi connectivity index (χ2v) is 6.66. The maximum atomic E-state index is 11.9. The van der Waals surface area contributed by atoms with Gasteiger partial charge in [-0.05, 0) is 38.3 Å². The molecule has 0 heterocycles. The number of hydrogen-bond donors (Lipinski definition) is 1. The first-order valence-electron chi connectivity index (χ1n) is 6.54. The minimum Gasteiger partial charge on any atom is -0.379 e. The van der Waals surface area contributed by atoms with Crippen LogP contribution in [0.15, 0.2) is 24.3 Å². The Balaban J connectivity index is 2.38. The van der Waals surface area contributed by atoms with E-state index in [1.54, 1.807) is 0 Å². The zero-order valence-electron chi connectivity index (χ0n) is 11.8. The molecule has 1 N–H and O–H groups in total. The molecular weight excluding hydrogens is 262 g/mol. The normalized spacial score (nSPS) is 12.0. The van der Waals surface area contributed by atoms with E-state index in [4.69, 9.17) is 4.74 Å². The van der Waals surface area contributed by atoms with Gasteiger partial charge >= 0.3 is 0 Å². The fourth-order valence-electron chi connectivity index (χ4n) is 1.65. The topological polar surface area (TPSA) is 55.4 Å². The summed E-state index contributed by atoms with van der Waals surface area (Å²) in [6.07, 6.45) is 0.870. The predicted molar refractivity (Wildman–Crippen MR) is 77.5 cm³/mol. The summed E-state index contributed by atoms with van der Waals surface area (Å²) in [5, 5.41) is 0. The van der Waals surface area contributed by atoms with Gasteiger partial charge in [0, 0.05) is 13.2 Å². The van der Waals surface area contributed by atoms with Gasteiger partial charge in [0.05, 0.1) is 11.9 Å². The van der Waals surface area contributed by atoms with Crippen molar-refractivity contribution in [3.8, 4) is 0 Å². The lowest BCUT2D eigenvalue weighted by Crippen LogP contribution is -2.27. The van der Waals surface area contributed by atoms with Gasteiger partial charge in [0.2, 0.25) is 10.0 Å². The van der Waals surface area contributed by atoms with E-state index in [0.29, 0.717) is 19.6 Å². The molecule has 0 spiro atoms. The molecule has 0 saturated carbocycles. The quantitative estimate of drug-likeness (QED) is 0.745. The third kappa shape index (κ3) is 6.71. The van der Waals surface area contributed by atoms with Gasteiger partial charge in [0.1, 0.15) is 0 Å². The number of ether oxygens (including phenoxy) is 1. The lowest BCUT2D eigenvalue weighted by Gasteiger charge is -2.10. The van der Waals surface area contributed by atoms with E-state index >= 15 is 0 Å². The van der Waals surface area contributed by atoms with Crippen LogP contribution < -0.4 is 4.72 Å². The Bertz CT molecular complexity index is 483. The number of sulfonamides is 1. The molecule has 1 aromatic rings. The molecule has 19 heavy (non-hydrogen) atoms. The highest BCUT2D eigenvalue weighted by molar-refractivity contribution is 7.88. The molecule has 1 rings (SSSR count). The molecule has 108 valence electrons. The number of aryl methyl sites for hydroxylation is 1. The first-order valence-corrected chi connectivity index (χ1v) is 8.19. The molecule has 0 aliphatic carbocycles. The lowest BCUT2D eigenvalue weighted by molar-refractivity contribution is 0.0778. The van der Waals surface area contributed by atoms with Gasteiger partial charge in [0.25, 0.3) is 0 Å². The summed E-state index contributed by atoms with van der Waals surface area (Å²) in [4.78, 5) is 0. The van der Waals surface area contributed by atoms with E-state index in [1.807, 2.05) is 45.0 Å².